The van der Waals surface area contributed by atoms with Crippen molar-refractivity contribution in [1.82, 2.24) is 0 Å². The van der Waals surface area contributed by atoms with Crippen molar-refractivity contribution < 1.29 is 14.3 Å². The van der Waals surface area contributed by atoms with E-state index >= 15 is 0 Å². The van der Waals surface area contributed by atoms with Crippen molar-refractivity contribution in [1.29, 1.82) is 5.26 Å². The minimum Gasteiger partial charge on any atom is -0.481 e. The van der Waals surface area contributed by atoms with Gasteiger partial charge in [0.25, 0.3) is 11.8 Å². The average Bonchev–Trinajstić information content (AvgIpc) is 2.77. The summed E-state index contributed by atoms with van der Waals surface area (Å²) in [6, 6.07) is 21.0. The summed E-state index contributed by atoms with van der Waals surface area (Å²) in [4.78, 5) is 24.6. The molecule has 0 aliphatic carbocycles. The van der Waals surface area contributed by atoms with Crippen LogP contribution in [0.25, 0.3) is 6.08 Å². The van der Waals surface area contributed by atoms with Crippen molar-refractivity contribution in [3.8, 4) is 11.8 Å². The summed E-state index contributed by atoms with van der Waals surface area (Å²) in [6.07, 6.45) is 1.37. The Morgan fingerprint density at radius 1 is 0.970 bits per heavy atom. The Morgan fingerprint density at radius 2 is 1.64 bits per heavy atom. The molecule has 0 heterocycles. The van der Waals surface area contributed by atoms with Crippen LogP contribution in [0, 0.1) is 18.3 Å². The summed E-state index contributed by atoms with van der Waals surface area (Å²) in [5.74, 6) is -0.813. The number of benzene rings is 3. The third kappa shape index (κ3) is 6.84. The topological polar surface area (TPSA) is 91.2 Å². The van der Waals surface area contributed by atoms with Crippen molar-refractivity contribution in [2.24, 2.45) is 0 Å². The minimum absolute atomic E-state index is 0.125. The highest BCUT2D eigenvalue weighted by Crippen LogP contribution is 2.35. The van der Waals surface area contributed by atoms with Crippen LogP contribution in [0.15, 0.2) is 72.3 Å². The molecule has 8 heteroatoms. The Bertz CT molecular complexity index is 1230. The van der Waals surface area contributed by atoms with Gasteiger partial charge in [-0.1, -0.05) is 53.5 Å². The molecule has 0 radical (unpaired) electrons. The number of nitriles is 1. The fraction of sp³-hybridized carbons (Fsp3) is 0.0800. The lowest BCUT2D eigenvalue weighted by atomic mass is 10.1. The molecule has 0 aliphatic rings. The largest absolute Gasteiger partial charge is 0.481 e. The third-order valence-corrected chi connectivity index (χ3v) is 4.94. The first-order valence-corrected chi connectivity index (χ1v) is 10.6. The van der Waals surface area contributed by atoms with Gasteiger partial charge in [0, 0.05) is 11.4 Å². The van der Waals surface area contributed by atoms with Crippen LogP contribution in [-0.4, -0.2) is 18.4 Å². The Balaban J connectivity index is 1.70. The molecule has 2 amide bonds. The predicted molar refractivity (Wildman–Crippen MR) is 130 cm³/mol. The summed E-state index contributed by atoms with van der Waals surface area (Å²) in [7, 11) is 0. The molecule has 0 saturated heterocycles. The Kier molecular flexibility index (Phi) is 8.09. The summed E-state index contributed by atoms with van der Waals surface area (Å²) >= 11 is 12.6. The highest BCUT2D eigenvalue weighted by atomic mass is 35.5. The van der Waals surface area contributed by atoms with Crippen LogP contribution < -0.4 is 15.4 Å². The molecule has 33 heavy (non-hydrogen) atoms. The number of hydrogen-bond acceptors (Lipinski definition) is 4. The number of nitrogens with zero attached hydrogens (tertiary/aromatic N) is 1. The van der Waals surface area contributed by atoms with E-state index in [0.29, 0.717) is 16.9 Å². The third-order valence-electron chi connectivity index (χ3n) is 4.38. The van der Waals surface area contributed by atoms with Gasteiger partial charge >= 0.3 is 0 Å². The number of ether oxygens (including phenoxy) is 1. The number of halogens is 2. The van der Waals surface area contributed by atoms with Gasteiger partial charge < -0.3 is 15.4 Å². The number of aryl methyl sites for hydroxylation is 1. The number of carbonyl (C=O) groups is 2. The maximum atomic E-state index is 12.5. The normalized spacial score (nSPS) is 10.8. The SMILES string of the molecule is Cc1cccc(NC(=O)/C(C#N)=C/c2cc(Cl)c(OCC(=O)Nc3ccccc3)c(Cl)c2)c1. The molecule has 166 valence electrons. The summed E-state index contributed by atoms with van der Waals surface area (Å²) in [6.45, 7) is 1.60. The zero-order valence-corrected chi connectivity index (χ0v) is 19.1. The Hall–Kier alpha value is -3.79. The number of amides is 2. The molecular formula is C25H19Cl2N3O3. The zero-order valence-electron chi connectivity index (χ0n) is 17.6. The summed E-state index contributed by atoms with van der Waals surface area (Å²) in [5.41, 5.74) is 2.50. The molecule has 0 fully saturated rings. The number of carbonyl (C=O) groups excluding carboxylic acids is 2. The molecule has 0 unspecified atom stereocenters. The Morgan fingerprint density at radius 3 is 2.27 bits per heavy atom. The van der Waals surface area contributed by atoms with E-state index in [4.69, 9.17) is 27.9 Å². The van der Waals surface area contributed by atoms with Gasteiger partial charge in [0.05, 0.1) is 10.0 Å². The van der Waals surface area contributed by atoms with Crippen LogP contribution in [0.4, 0.5) is 11.4 Å². The fourth-order valence-electron chi connectivity index (χ4n) is 2.89. The maximum Gasteiger partial charge on any atom is 0.266 e. The van der Waals surface area contributed by atoms with Crippen molar-refractivity contribution >= 4 is 52.5 Å². The zero-order chi connectivity index (χ0) is 23.8. The molecule has 0 aliphatic heterocycles. The van der Waals surface area contributed by atoms with E-state index in [0.717, 1.165) is 5.56 Å². The lowest BCUT2D eigenvalue weighted by molar-refractivity contribution is -0.118. The minimum atomic E-state index is -0.562. The van der Waals surface area contributed by atoms with E-state index in [1.807, 2.05) is 25.1 Å². The van der Waals surface area contributed by atoms with Crippen molar-refractivity contribution in [2.75, 3.05) is 17.2 Å². The molecule has 0 atom stereocenters. The van der Waals surface area contributed by atoms with Crippen LogP contribution in [0.3, 0.4) is 0 Å². The number of para-hydroxylation sites is 1. The van der Waals surface area contributed by atoms with Crippen molar-refractivity contribution in [3.63, 3.8) is 0 Å². The van der Waals surface area contributed by atoms with E-state index in [1.54, 1.807) is 42.5 Å². The second kappa shape index (κ2) is 11.2. The quantitative estimate of drug-likeness (QED) is 0.327. The fourth-order valence-corrected chi connectivity index (χ4v) is 3.51. The van der Waals surface area contributed by atoms with Gasteiger partial charge in [0.15, 0.2) is 12.4 Å². The van der Waals surface area contributed by atoms with Gasteiger partial charge in [-0.2, -0.15) is 5.26 Å². The van der Waals surface area contributed by atoms with Gasteiger partial charge in [-0.15, -0.1) is 0 Å². The lowest BCUT2D eigenvalue weighted by Gasteiger charge is -2.11. The number of anilines is 2. The highest BCUT2D eigenvalue weighted by molar-refractivity contribution is 6.37. The monoisotopic (exact) mass is 479 g/mol. The maximum absolute atomic E-state index is 12.5. The highest BCUT2D eigenvalue weighted by Gasteiger charge is 2.14. The second-order valence-electron chi connectivity index (χ2n) is 7.01. The van der Waals surface area contributed by atoms with E-state index < -0.39 is 5.91 Å². The van der Waals surface area contributed by atoms with E-state index in [-0.39, 0.29) is 33.9 Å². The second-order valence-corrected chi connectivity index (χ2v) is 7.82. The van der Waals surface area contributed by atoms with E-state index in [9.17, 15) is 14.9 Å². The predicted octanol–water partition coefficient (Wildman–Crippen LogP) is 5.87. The molecule has 0 saturated carbocycles. The van der Waals surface area contributed by atoms with Crippen LogP contribution in [0.1, 0.15) is 11.1 Å². The van der Waals surface area contributed by atoms with Gasteiger partial charge in [-0.25, -0.2) is 0 Å². The lowest BCUT2D eigenvalue weighted by Crippen LogP contribution is -2.20. The molecule has 2 N–H and O–H groups in total. The van der Waals surface area contributed by atoms with Gasteiger partial charge in [-0.3, -0.25) is 9.59 Å². The number of nitrogens with one attached hydrogen (secondary N) is 2. The van der Waals surface area contributed by atoms with Crippen LogP contribution in [-0.2, 0) is 9.59 Å². The number of hydrogen-bond donors (Lipinski definition) is 2. The van der Waals surface area contributed by atoms with Crippen LogP contribution in [0.5, 0.6) is 5.75 Å². The summed E-state index contributed by atoms with van der Waals surface area (Å²) in [5, 5.41) is 15.1. The van der Waals surface area contributed by atoms with Gasteiger partial charge in [-0.05, 0) is 60.5 Å². The van der Waals surface area contributed by atoms with Gasteiger partial charge in [0.2, 0.25) is 0 Å². The molecule has 3 aromatic rings. The first-order chi connectivity index (χ1) is 15.9. The standard InChI is InChI=1S/C25H19Cl2N3O3/c1-16-6-5-9-20(10-16)30-25(32)18(14-28)11-17-12-21(26)24(22(27)13-17)33-15-23(31)29-19-7-3-2-4-8-19/h2-13H,15H2,1H3,(H,29,31)(H,30,32)/b18-11+. The molecule has 0 spiro atoms. The molecule has 0 bridgehead atoms. The number of rotatable bonds is 7. The van der Waals surface area contributed by atoms with Crippen LogP contribution in [0.2, 0.25) is 10.0 Å². The molecule has 3 aromatic carbocycles. The first kappa shape index (κ1) is 23.9. The molecule has 0 aromatic heterocycles. The van der Waals surface area contributed by atoms with E-state index in [1.165, 1.54) is 18.2 Å². The van der Waals surface area contributed by atoms with E-state index in [2.05, 4.69) is 10.6 Å². The molecule has 3 rings (SSSR count). The average molecular weight is 480 g/mol. The van der Waals surface area contributed by atoms with Crippen molar-refractivity contribution in [2.45, 2.75) is 6.92 Å². The molecular weight excluding hydrogens is 461 g/mol. The van der Waals surface area contributed by atoms with Crippen LogP contribution >= 0.6 is 23.2 Å². The molecule has 6 nitrogen and oxygen atoms in total. The smallest absolute Gasteiger partial charge is 0.266 e. The first-order valence-electron chi connectivity index (χ1n) is 9.82. The van der Waals surface area contributed by atoms with Gasteiger partial charge in [0.1, 0.15) is 11.6 Å². The van der Waals surface area contributed by atoms with Crippen molar-refractivity contribution in [3.05, 3.63) is 93.5 Å². The Labute approximate surface area is 201 Å². The summed E-state index contributed by atoms with van der Waals surface area (Å²) < 4.78 is 5.48.